The SMILES string of the molecule is COC(=O)C(CC(C)C)NC(=O)[C@H](N)C(C)C. The van der Waals surface area contributed by atoms with E-state index in [0.717, 1.165) is 0 Å². The molecule has 3 N–H and O–H groups in total. The number of nitrogens with one attached hydrogen (secondary N) is 1. The molecule has 1 unspecified atom stereocenters. The van der Waals surface area contributed by atoms with E-state index in [2.05, 4.69) is 10.1 Å². The number of methoxy groups -OCH3 is 1. The number of ether oxygens (including phenoxy) is 1. The van der Waals surface area contributed by atoms with Gasteiger partial charge in [0.25, 0.3) is 0 Å². The summed E-state index contributed by atoms with van der Waals surface area (Å²) < 4.78 is 4.66. The van der Waals surface area contributed by atoms with Gasteiger partial charge in [-0.05, 0) is 18.3 Å². The van der Waals surface area contributed by atoms with Crippen LogP contribution in [0.3, 0.4) is 0 Å². The van der Waals surface area contributed by atoms with E-state index in [1.165, 1.54) is 7.11 Å². The van der Waals surface area contributed by atoms with Crippen molar-refractivity contribution in [1.82, 2.24) is 5.32 Å². The highest BCUT2D eigenvalue weighted by Crippen LogP contribution is 2.07. The molecule has 5 nitrogen and oxygen atoms in total. The van der Waals surface area contributed by atoms with E-state index in [4.69, 9.17) is 5.73 Å². The van der Waals surface area contributed by atoms with E-state index in [9.17, 15) is 9.59 Å². The van der Waals surface area contributed by atoms with Gasteiger partial charge in [0.15, 0.2) is 0 Å². The largest absolute Gasteiger partial charge is 0.467 e. The molecular weight excluding hydrogens is 220 g/mol. The molecule has 5 heteroatoms. The summed E-state index contributed by atoms with van der Waals surface area (Å²) in [5, 5.41) is 2.64. The third-order valence-electron chi connectivity index (χ3n) is 2.53. The minimum absolute atomic E-state index is 0.0346. The lowest BCUT2D eigenvalue weighted by atomic mass is 10.0. The topological polar surface area (TPSA) is 81.4 Å². The summed E-state index contributed by atoms with van der Waals surface area (Å²) in [7, 11) is 1.31. The molecule has 0 aromatic carbocycles. The monoisotopic (exact) mass is 244 g/mol. The summed E-state index contributed by atoms with van der Waals surface area (Å²) >= 11 is 0. The van der Waals surface area contributed by atoms with Crippen LogP contribution < -0.4 is 11.1 Å². The fourth-order valence-corrected chi connectivity index (χ4v) is 1.40. The molecule has 0 fully saturated rings. The lowest BCUT2D eigenvalue weighted by Gasteiger charge is -2.22. The molecular formula is C12H24N2O3. The van der Waals surface area contributed by atoms with Gasteiger partial charge in [0.2, 0.25) is 5.91 Å². The first-order chi connectivity index (χ1) is 7.79. The highest BCUT2D eigenvalue weighted by atomic mass is 16.5. The Morgan fingerprint density at radius 2 is 1.76 bits per heavy atom. The second kappa shape index (κ2) is 7.27. The Balaban J connectivity index is 4.53. The molecule has 1 amide bonds. The molecule has 0 radical (unpaired) electrons. The molecule has 0 saturated carbocycles. The Bertz CT molecular complexity index is 264. The first-order valence-corrected chi connectivity index (χ1v) is 5.93. The molecule has 17 heavy (non-hydrogen) atoms. The van der Waals surface area contributed by atoms with Crippen molar-refractivity contribution in [2.24, 2.45) is 17.6 Å². The first-order valence-electron chi connectivity index (χ1n) is 5.93. The summed E-state index contributed by atoms with van der Waals surface area (Å²) in [6, 6.07) is -1.22. The van der Waals surface area contributed by atoms with Crippen molar-refractivity contribution in [2.75, 3.05) is 7.11 Å². The van der Waals surface area contributed by atoms with Crippen LogP contribution in [-0.4, -0.2) is 31.1 Å². The smallest absolute Gasteiger partial charge is 0.328 e. The number of esters is 1. The van der Waals surface area contributed by atoms with Crippen molar-refractivity contribution in [2.45, 2.75) is 46.2 Å². The second-order valence-electron chi connectivity index (χ2n) is 4.98. The average molecular weight is 244 g/mol. The Labute approximate surface area is 103 Å². The minimum atomic E-state index is -0.614. The fraction of sp³-hybridized carbons (Fsp3) is 0.833. The molecule has 0 heterocycles. The van der Waals surface area contributed by atoms with Gasteiger partial charge in [0.05, 0.1) is 13.2 Å². The van der Waals surface area contributed by atoms with E-state index in [1.54, 1.807) is 0 Å². The predicted octanol–water partition coefficient (Wildman–Crippen LogP) is 0.674. The summed E-state index contributed by atoms with van der Waals surface area (Å²) in [6.45, 7) is 7.68. The molecule has 0 spiro atoms. The summed E-state index contributed by atoms with van der Waals surface area (Å²) in [5.74, 6) is -0.416. The molecule has 2 atom stereocenters. The van der Waals surface area contributed by atoms with Gasteiger partial charge in [-0.3, -0.25) is 4.79 Å². The van der Waals surface area contributed by atoms with Crippen molar-refractivity contribution in [3.05, 3.63) is 0 Å². The maximum atomic E-state index is 11.8. The molecule has 0 aliphatic rings. The second-order valence-corrected chi connectivity index (χ2v) is 4.98. The van der Waals surface area contributed by atoms with E-state index in [1.807, 2.05) is 27.7 Å². The van der Waals surface area contributed by atoms with Crippen molar-refractivity contribution >= 4 is 11.9 Å². The first kappa shape index (κ1) is 15.9. The summed E-state index contributed by atoms with van der Waals surface area (Å²) in [5.41, 5.74) is 5.72. The van der Waals surface area contributed by atoms with Crippen LogP contribution in [0.15, 0.2) is 0 Å². The van der Waals surface area contributed by atoms with Crippen LogP contribution in [-0.2, 0) is 14.3 Å². The maximum Gasteiger partial charge on any atom is 0.328 e. The zero-order valence-corrected chi connectivity index (χ0v) is 11.3. The van der Waals surface area contributed by atoms with Crippen LogP contribution in [0.5, 0.6) is 0 Å². The quantitative estimate of drug-likeness (QED) is 0.673. The zero-order chi connectivity index (χ0) is 13.6. The third kappa shape index (κ3) is 5.68. The van der Waals surface area contributed by atoms with Crippen LogP contribution in [0.1, 0.15) is 34.1 Å². The summed E-state index contributed by atoms with van der Waals surface area (Å²) in [6.07, 6.45) is 0.545. The van der Waals surface area contributed by atoms with Gasteiger partial charge in [-0.15, -0.1) is 0 Å². The van der Waals surface area contributed by atoms with E-state index in [0.29, 0.717) is 6.42 Å². The lowest BCUT2D eigenvalue weighted by molar-refractivity contribution is -0.145. The van der Waals surface area contributed by atoms with Gasteiger partial charge in [-0.25, -0.2) is 4.79 Å². The van der Waals surface area contributed by atoms with Crippen molar-refractivity contribution in [3.63, 3.8) is 0 Å². The number of carbonyl (C=O) groups is 2. The average Bonchev–Trinajstić information content (AvgIpc) is 2.24. The standard InChI is InChI=1S/C12H24N2O3/c1-7(2)6-9(12(16)17-5)14-11(15)10(13)8(3)4/h7-10H,6,13H2,1-5H3,(H,14,15)/t9?,10-/m1/s1. The van der Waals surface area contributed by atoms with E-state index < -0.39 is 18.1 Å². The zero-order valence-electron chi connectivity index (χ0n) is 11.3. The van der Waals surface area contributed by atoms with Crippen LogP contribution in [0.25, 0.3) is 0 Å². The number of amides is 1. The molecule has 0 aromatic heterocycles. The van der Waals surface area contributed by atoms with Crippen LogP contribution in [0.4, 0.5) is 0 Å². The third-order valence-corrected chi connectivity index (χ3v) is 2.53. The van der Waals surface area contributed by atoms with Gasteiger partial charge in [-0.2, -0.15) is 0 Å². The minimum Gasteiger partial charge on any atom is -0.467 e. The van der Waals surface area contributed by atoms with E-state index >= 15 is 0 Å². The molecule has 0 rings (SSSR count). The van der Waals surface area contributed by atoms with Crippen molar-refractivity contribution < 1.29 is 14.3 Å². The normalized spacial score (nSPS) is 14.6. The Kier molecular flexibility index (Phi) is 6.80. The number of nitrogens with two attached hydrogens (primary N) is 1. The van der Waals surface area contributed by atoms with Crippen molar-refractivity contribution in [3.8, 4) is 0 Å². The Morgan fingerprint density at radius 1 is 1.24 bits per heavy atom. The highest BCUT2D eigenvalue weighted by molar-refractivity contribution is 5.87. The summed E-state index contributed by atoms with van der Waals surface area (Å²) in [4.78, 5) is 23.3. The maximum absolute atomic E-state index is 11.8. The number of hydrogen-bond acceptors (Lipinski definition) is 4. The molecule has 0 aliphatic carbocycles. The molecule has 0 bridgehead atoms. The van der Waals surface area contributed by atoms with Crippen molar-refractivity contribution in [1.29, 1.82) is 0 Å². The predicted molar refractivity (Wildman–Crippen MR) is 66.2 cm³/mol. The number of carbonyl (C=O) groups excluding carboxylic acids is 2. The number of hydrogen-bond donors (Lipinski definition) is 2. The Hall–Kier alpha value is -1.10. The van der Waals surface area contributed by atoms with Gasteiger partial charge in [-0.1, -0.05) is 27.7 Å². The lowest BCUT2D eigenvalue weighted by Crippen LogP contribution is -2.50. The Morgan fingerprint density at radius 3 is 2.12 bits per heavy atom. The molecule has 0 saturated heterocycles. The molecule has 0 aliphatic heterocycles. The van der Waals surface area contributed by atoms with Crippen LogP contribution >= 0.6 is 0 Å². The van der Waals surface area contributed by atoms with Gasteiger partial charge < -0.3 is 15.8 Å². The highest BCUT2D eigenvalue weighted by Gasteiger charge is 2.26. The number of rotatable bonds is 6. The molecule has 100 valence electrons. The van der Waals surface area contributed by atoms with E-state index in [-0.39, 0.29) is 17.7 Å². The molecule has 0 aromatic rings. The van der Waals surface area contributed by atoms with Gasteiger partial charge in [0.1, 0.15) is 6.04 Å². The van der Waals surface area contributed by atoms with Crippen LogP contribution in [0.2, 0.25) is 0 Å². The van der Waals surface area contributed by atoms with Crippen LogP contribution in [0, 0.1) is 11.8 Å². The van der Waals surface area contributed by atoms with Gasteiger partial charge >= 0.3 is 5.97 Å². The van der Waals surface area contributed by atoms with Gasteiger partial charge in [0, 0.05) is 0 Å². The fourth-order valence-electron chi connectivity index (χ4n) is 1.40.